The summed E-state index contributed by atoms with van der Waals surface area (Å²) in [6.45, 7) is 0. The van der Waals surface area contributed by atoms with Crippen LogP contribution in [0.25, 0.3) is 0 Å². The van der Waals surface area contributed by atoms with E-state index in [9.17, 15) is 8.78 Å². The second-order valence-electron chi connectivity index (χ2n) is 3.81. The Bertz CT molecular complexity index is 500. The van der Waals surface area contributed by atoms with Crippen LogP contribution in [0, 0.1) is 11.6 Å². The van der Waals surface area contributed by atoms with E-state index in [1.807, 2.05) is 6.07 Å². The normalized spacial score (nSPS) is 12.4. The number of nitrogens with zero attached hydrogens (tertiary/aromatic N) is 1. The van der Waals surface area contributed by atoms with E-state index in [1.54, 1.807) is 18.5 Å². The minimum atomic E-state index is -0.871. The van der Waals surface area contributed by atoms with Gasteiger partial charge >= 0.3 is 0 Å². The molecular weight excluding hydrogens is 222 g/mol. The Morgan fingerprint density at radius 2 is 2.00 bits per heavy atom. The molecule has 0 aliphatic rings. The van der Waals surface area contributed by atoms with Crippen LogP contribution in [-0.2, 0) is 6.42 Å². The highest BCUT2D eigenvalue weighted by atomic mass is 19.2. The number of benzene rings is 1. The van der Waals surface area contributed by atoms with Crippen LogP contribution in [0.4, 0.5) is 8.78 Å². The number of hydrogen-bond donors (Lipinski definition) is 1. The fraction of sp³-hybridized carbons (Fsp3) is 0.154. The molecule has 0 saturated carbocycles. The van der Waals surface area contributed by atoms with Gasteiger partial charge in [0.25, 0.3) is 0 Å². The second-order valence-corrected chi connectivity index (χ2v) is 3.81. The highest BCUT2D eigenvalue weighted by molar-refractivity contribution is 5.24. The zero-order valence-corrected chi connectivity index (χ0v) is 9.11. The van der Waals surface area contributed by atoms with E-state index in [4.69, 9.17) is 5.73 Å². The van der Waals surface area contributed by atoms with Crippen molar-refractivity contribution < 1.29 is 8.78 Å². The molecule has 2 nitrogen and oxygen atoms in total. The van der Waals surface area contributed by atoms with Crippen molar-refractivity contribution in [1.82, 2.24) is 4.98 Å². The first kappa shape index (κ1) is 11.7. The molecule has 4 heteroatoms. The molecule has 0 aliphatic heterocycles. The Kier molecular flexibility index (Phi) is 3.44. The topological polar surface area (TPSA) is 38.9 Å². The van der Waals surface area contributed by atoms with Gasteiger partial charge in [0.15, 0.2) is 11.6 Å². The van der Waals surface area contributed by atoms with Crippen LogP contribution in [0.5, 0.6) is 0 Å². The quantitative estimate of drug-likeness (QED) is 0.886. The summed E-state index contributed by atoms with van der Waals surface area (Å²) in [5, 5.41) is 0. The molecule has 0 radical (unpaired) electrons. The number of hydrogen-bond acceptors (Lipinski definition) is 2. The number of pyridine rings is 1. The average molecular weight is 234 g/mol. The zero-order chi connectivity index (χ0) is 12.3. The lowest BCUT2D eigenvalue weighted by atomic mass is 10.0. The molecule has 17 heavy (non-hydrogen) atoms. The highest BCUT2D eigenvalue weighted by Gasteiger charge is 2.14. The molecule has 0 spiro atoms. The second kappa shape index (κ2) is 5.01. The van der Waals surface area contributed by atoms with Gasteiger partial charge in [-0.3, -0.25) is 4.98 Å². The molecule has 2 aromatic rings. The van der Waals surface area contributed by atoms with E-state index in [0.717, 1.165) is 11.6 Å². The van der Waals surface area contributed by atoms with Crippen molar-refractivity contribution in [2.75, 3.05) is 0 Å². The summed E-state index contributed by atoms with van der Waals surface area (Å²) in [5.41, 5.74) is 6.94. The summed E-state index contributed by atoms with van der Waals surface area (Å²) in [5.74, 6) is -1.74. The largest absolute Gasteiger partial charge is 0.324 e. The third kappa shape index (κ3) is 2.65. The maximum Gasteiger partial charge on any atom is 0.163 e. The molecule has 0 saturated heterocycles. The molecular formula is C13H12F2N2. The summed E-state index contributed by atoms with van der Waals surface area (Å²) in [6.07, 6.45) is 3.74. The van der Waals surface area contributed by atoms with Crippen molar-refractivity contribution >= 4 is 0 Å². The van der Waals surface area contributed by atoms with Gasteiger partial charge in [-0.15, -0.1) is 0 Å². The maximum absolute atomic E-state index is 13.5. The molecule has 1 heterocycles. The number of aromatic nitrogens is 1. The van der Waals surface area contributed by atoms with Crippen LogP contribution in [-0.4, -0.2) is 4.98 Å². The maximum atomic E-state index is 13.5. The number of halogens is 2. The number of nitrogens with two attached hydrogens (primary N) is 1. The standard InChI is InChI=1S/C13H12F2N2/c14-11-5-1-4-10(13(11)15)12(16)7-9-3-2-6-17-8-9/h1-6,8,12H,7,16H2. The molecule has 1 aromatic heterocycles. The SMILES string of the molecule is NC(Cc1cccnc1)c1cccc(F)c1F. The summed E-state index contributed by atoms with van der Waals surface area (Å²) < 4.78 is 26.5. The van der Waals surface area contributed by atoms with Crippen molar-refractivity contribution in [1.29, 1.82) is 0 Å². The Morgan fingerprint density at radius 1 is 1.18 bits per heavy atom. The summed E-state index contributed by atoms with van der Waals surface area (Å²) >= 11 is 0. The van der Waals surface area contributed by atoms with Crippen molar-refractivity contribution in [3.63, 3.8) is 0 Å². The predicted octanol–water partition coefficient (Wildman–Crippen LogP) is 2.60. The minimum Gasteiger partial charge on any atom is -0.324 e. The fourth-order valence-electron chi connectivity index (χ4n) is 1.69. The van der Waals surface area contributed by atoms with Crippen LogP contribution >= 0.6 is 0 Å². The van der Waals surface area contributed by atoms with E-state index < -0.39 is 17.7 Å². The lowest BCUT2D eigenvalue weighted by Gasteiger charge is -2.13. The first-order valence-electron chi connectivity index (χ1n) is 5.27. The molecule has 0 bridgehead atoms. The van der Waals surface area contributed by atoms with Crippen LogP contribution < -0.4 is 5.73 Å². The predicted molar refractivity (Wildman–Crippen MR) is 61.2 cm³/mol. The van der Waals surface area contributed by atoms with Crippen molar-refractivity contribution in [2.45, 2.75) is 12.5 Å². The van der Waals surface area contributed by atoms with Gasteiger partial charge in [-0.25, -0.2) is 8.78 Å². The molecule has 1 unspecified atom stereocenters. The van der Waals surface area contributed by atoms with Gasteiger partial charge < -0.3 is 5.73 Å². The molecule has 88 valence electrons. The van der Waals surface area contributed by atoms with Gasteiger partial charge in [0.05, 0.1) is 0 Å². The van der Waals surface area contributed by atoms with E-state index in [0.29, 0.717) is 6.42 Å². The monoisotopic (exact) mass is 234 g/mol. The van der Waals surface area contributed by atoms with E-state index >= 15 is 0 Å². The van der Waals surface area contributed by atoms with Crippen LogP contribution in [0.2, 0.25) is 0 Å². The smallest absolute Gasteiger partial charge is 0.163 e. The van der Waals surface area contributed by atoms with Crippen LogP contribution in [0.15, 0.2) is 42.7 Å². The molecule has 0 amide bonds. The molecule has 1 aromatic carbocycles. The van der Waals surface area contributed by atoms with Gasteiger partial charge in [-0.2, -0.15) is 0 Å². The van der Waals surface area contributed by atoms with Gasteiger partial charge in [-0.05, 0) is 24.1 Å². The first-order chi connectivity index (χ1) is 8.18. The lowest BCUT2D eigenvalue weighted by Crippen LogP contribution is -2.15. The highest BCUT2D eigenvalue weighted by Crippen LogP contribution is 2.20. The first-order valence-corrected chi connectivity index (χ1v) is 5.27. The molecule has 1 atom stereocenters. The third-order valence-corrected chi connectivity index (χ3v) is 2.56. The van der Waals surface area contributed by atoms with Crippen LogP contribution in [0.3, 0.4) is 0 Å². The van der Waals surface area contributed by atoms with E-state index in [-0.39, 0.29) is 5.56 Å². The zero-order valence-electron chi connectivity index (χ0n) is 9.11. The van der Waals surface area contributed by atoms with E-state index in [1.165, 1.54) is 12.1 Å². The third-order valence-electron chi connectivity index (χ3n) is 2.56. The average Bonchev–Trinajstić information content (AvgIpc) is 2.34. The van der Waals surface area contributed by atoms with Crippen molar-refractivity contribution in [3.8, 4) is 0 Å². The molecule has 2 rings (SSSR count). The lowest BCUT2D eigenvalue weighted by molar-refractivity contribution is 0.488. The summed E-state index contributed by atoms with van der Waals surface area (Å²) in [4.78, 5) is 3.95. The fourth-order valence-corrected chi connectivity index (χ4v) is 1.69. The van der Waals surface area contributed by atoms with Crippen LogP contribution in [0.1, 0.15) is 17.2 Å². The summed E-state index contributed by atoms with van der Waals surface area (Å²) in [7, 11) is 0. The van der Waals surface area contributed by atoms with Gasteiger partial charge in [0.1, 0.15) is 0 Å². The molecule has 0 aliphatic carbocycles. The summed E-state index contributed by atoms with van der Waals surface area (Å²) in [6, 6.07) is 7.09. The Hall–Kier alpha value is -1.81. The van der Waals surface area contributed by atoms with Crippen molar-refractivity contribution in [2.24, 2.45) is 5.73 Å². The van der Waals surface area contributed by atoms with Crippen molar-refractivity contribution in [3.05, 3.63) is 65.5 Å². The molecule has 0 fully saturated rings. The Morgan fingerprint density at radius 3 is 2.71 bits per heavy atom. The molecule has 2 N–H and O–H groups in total. The minimum absolute atomic E-state index is 0.189. The van der Waals surface area contributed by atoms with Gasteiger partial charge in [0.2, 0.25) is 0 Å². The van der Waals surface area contributed by atoms with E-state index in [2.05, 4.69) is 4.98 Å². The Balaban J connectivity index is 2.20. The van der Waals surface area contributed by atoms with Gasteiger partial charge in [0, 0.05) is 24.0 Å². The van der Waals surface area contributed by atoms with Gasteiger partial charge in [-0.1, -0.05) is 18.2 Å². The number of rotatable bonds is 3. The Labute approximate surface area is 98.1 Å².